The number of hydrogen-bond donors (Lipinski definition) is 0. The summed E-state index contributed by atoms with van der Waals surface area (Å²) in [5, 5.41) is 0. The third kappa shape index (κ3) is 42.4. The zero-order valence-corrected chi connectivity index (χ0v) is 30.8. The molecule has 0 aliphatic rings. The van der Waals surface area contributed by atoms with Crippen LogP contribution >= 0.6 is 0 Å². The molecule has 0 atom stereocenters. The summed E-state index contributed by atoms with van der Waals surface area (Å²) in [7, 11) is 0. The van der Waals surface area contributed by atoms with Crippen LogP contribution in [0.15, 0.2) is 24.8 Å². The Labute approximate surface area is 282 Å². The maximum absolute atomic E-state index is 11.2. The minimum atomic E-state index is -0.300. The molecule has 0 bridgehead atoms. The molecule has 4 heteroatoms. The topological polar surface area (TPSA) is 52.6 Å². The second-order valence-electron chi connectivity index (χ2n) is 13.2. The van der Waals surface area contributed by atoms with E-state index in [1.54, 1.807) is 6.92 Å². The van der Waals surface area contributed by atoms with Crippen molar-refractivity contribution in [2.45, 2.75) is 213 Å². The summed E-state index contributed by atoms with van der Waals surface area (Å²) in [6, 6.07) is 0. The van der Waals surface area contributed by atoms with Gasteiger partial charge in [0.25, 0.3) is 0 Å². The SMILES string of the molecule is C=C(C)C(=O)OCCCCCCCCCCCCCCCC.C=CC(=O)OCCCCCCCCCCCCCCCCCC. The summed E-state index contributed by atoms with van der Waals surface area (Å²) in [6.07, 6.45) is 41.8. The lowest BCUT2D eigenvalue weighted by molar-refractivity contribution is -0.139. The lowest BCUT2D eigenvalue weighted by Gasteiger charge is -2.04. The van der Waals surface area contributed by atoms with E-state index >= 15 is 0 Å². The molecule has 0 heterocycles. The van der Waals surface area contributed by atoms with Crippen LogP contribution in [-0.2, 0) is 19.1 Å². The van der Waals surface area contributed by atoms with Gasteiger partial charge >= 0.3 is 11.9 Å². The lowest BCUT2D eigenvalue weighted by Crippen LogP contribution is -2.05. The van der Waals surface area contributed by atoms with E-state index in [0.717, 1.165) is 12.8 Å². The average Bonchev–Trinajstić information content (AvgIpc) is 3.04. The predicted octanol–water partition coefficient (Wildman–Crippen LogP) is 13.6. The molecule has 0 aliphatic carbocycles. The highest BCUT2D eigenvalue weighted by Crippen LogP contribution is 2.15. The highest BCUT2D eigenvalue weighted by Gasteiger charge is 2.02. The molecular formula is C41H78O4. The molecule has 45 heavy (non-hydrogen) atoms. The molecule has 0 spiro atoms. The average molecular weight is 635 g/mol. The number of rotatable bonds is 34. The van der Waals surface area contributed by atoms with Crippen molar-refractivity contribution >= 4 is 11.9 Å². The number of carbonyl (C=O) groups excluding carboxylic acids is 2. The number of esters is 2. The maximum atomic E-state index is 11.2. The van der Waals surface area contributed by atoms with Gasteiger partial charge in [0.1, 0.15) is 0 Å². The summed E-state index contributed by atoms with van der Waals surface area (Å²) >= 11 is 0. The first-order valence-electron chi connectivity index (χ1n) is 19.6. The van der Waals surface area contributed by atoms with Crippen LogP contribution in [0, 0.1) is 0 Å². The smallest absolute Gasteiger partial charge is 0.333 e. The van der Waals surface area contributed by atoms with Crippen molar-refractivity contribution in [3.63, 3.8) is 0 Å². The quantitative estimate of drug-likeness (QED) is 0.0401. The summed E-state index contributed by atoms with van der Waals surface area (Å²) in [4.78, 5) is 22.0. The third-order valence-electron chi connectivity index (χ3n) is 8.49. The molecule has 0 radical (unpaired) electrons. The van der Waals surface area contributed by atoms with Gasteiger partial charge in [-0.25, -0.2) is 9.59 Å². The van der Waals surface area contributed by atoms with Gasteiger partial charge in [-0.2, -0.15) is 0 Å². The van der Waals surface area contributed by atoms with E-state index < -0.39 is 0 Å². The Balaban J connectivity index is 0. The Kier molecular flexibility index (Phi) is 40.9. The van der Waals surface area contributed by atoms with Crippen LogP contribution in [0.4, 0.5) is 0 Å². The minimum absolute atomic E-state index is 0.255. The van der Waals surface area contributed by atoms with Crippen LogP contribution in [0.1, 0.15) is 213 Å². The van der Waals surface area contributed by atoms with E-state index in [1.165, 1.54) is 186 Å². The molecule has 0 saturated carbocycles. The molecule has 4 nitrogen and oxygen atoms in total. The second-order valence-corrected chi connectivity index (χ2v) is 13.2. The number of hydrogen-bond acceptors (Lipinski definition) is 4. The Morgan fingerprint density at radius 2 is 0.689 bits per heavy atom. The highest BCUT2D eigenvalue weighted by atomic mass is 16.5. The van der Waals surface area contributed by atoms with Gasteiger partial charge in [0, 0.05) is 11.6 Å². The van der Waals surface area contributed by atoms with E-state index in [0.29, 0.717) is 18.8 Å². The summed E-state index contributed by atoms with van der Waals surface area (Å²) in [5.74, 6) is -0.555. The lowest BCUT2D eigenvalue weighted by atomic mass is 10.0. The molecule has 0 rings (SSSR count). The minimum Gasteiger partial charge on any atom is -0.463 e. The van der Waals surface area contributed by atoms with Gasteiger partial charge in [-0.05, 0) is 19.8 Å². The van der Waals surface area contributed by atoms with Crippen molar-refractivity contribution in [1.29, 1.82) is 0 Å². The Bertz CT molecular complexity index is 641. The molecule has 0 unspecified atom stereocenters. The fourth-order valence-corrected chi connectivity index (χ4v) is 5.47. The summed E-state index contributed by atoms with van der Waals surface area (Å²) in [5.41, 5.74) is 0.491. The first kappa shape index (κ1) is 45.5. The first-order chi connectivity index (χ1) is 22.0. The van der Waals surface area contributed by atoms with Crippen molar-refractivity contribution < 1.29 is 19.1 Å². The van der Waals surface area contributed by atoms with Crippen LogP contribution < -0.4 is 0 Å². The number of unbranched alkanes of at least 4 members (excludes halogenated alkanes) is 28. The van der Waals surface area contributed by atoms with Gasteiger partial charge in [0.2, 0.25) is 0 Å². The molecule has 0 saturated heterocycles. The molecule has 0 aromatic heterocycles. The molecule has 0 fully saturated rings. The fraction of sp³-hybridized carbons (Fsp3) is 0.854. The van der Waals surface area contributed by atoms with E-state index in [9.17, 15) is 9.59 Å². The fourth-order valence-electron chi connectivity index (χ4n) is 5.47. The van der Waals surface area contributed by atoms with Gasteiger partial charge < -0.3 is 9.47 Å². The molecule has 0 N–H and O–H groups in total. The zero-order chi connectivity index (χ0) is 33.5. The molecule has 0 aromatic carbocycles. The van der Waals surface area contributed by atoms with Gasteiger partial charge in [-0.1, -0.05) is 207 Å². The van der Waals surface area contributed by atoms with Gasteiger partial charge in [0.05, 0.1) is 13.2 Å². The van der Waals surface area contributed by atoms with Crippen LogP contribution in [0.3, 0.4) is 0 Å². The van der Waals surface area contributed by atoms with E-state index in [1.807, 2.05) is 0 Å². The summed E-state index contributed by atoms with van der Waals surface area (Å²) < 4.78 is 10.0. The maximum Gasteiger partial charge on any atom is 0.333 e. The Hall–Kier alpha value is -1.58. The van der Waals surface area contributed by atoms with Crippen molar-refractivity contribution in [3.8, 4) is 0 Å². The number of ether oxygens (including phenoxy) is 2. The Morgan fingerprint density at radius 3 is 0.933 bits per heavy atom. The van der Waals surface area contributed by atoms with Gasteiger partial charge in [0.15, 0.2) is 0 Å². The van der Waals surface area contributed by atoms with Crippen LogP contribution in [0.2, 0.25) is 0 Å². The molecular weight excluding hydrogens is 556 g/mol. The van der Waals surface area contributed by atoms with E-state index in [2.05, 4.69) is 27.0 Å². The van der Waals surface area contributed by atoms with Crippen LogP contribution in [0.5, 0.6) is 0 Å². The molecule has 0 aliphatic heterocycles. The number of carbonyl (C=O) groups is 2. The Morgan fingerprint density at radius 1 is 0.444 bits per heavy atom. The third-order valence-corrected chi connectivity index (χ3v) is 8.49. The zero-order valence-electron chi connectivity index (χ0n) is 30.8. The van der Waals surface area contributed by atoms with Crippen molar-refractivity contribution in [2.75, 3.05) is 13.2 Å². The van der Waals surface area contributed by atoms with Crippen molar-refractivity contribution in [1.82, 2.24) is 0 Å². The normalized spacial score (nSPS) is 10.6. The largest absolute Gasteiger partial charge is 0.463 e. The summed E-state index contributed by atoms with van der Waals surface area (Å²) in [6.45, 7) is 14.3. The standard InChI is InChI=1S/C21H40O2.C20H38O2/c1-3-5-6-7-8-9-10-11-12-13-14-15-16-17-18-19-20-23-21(22)4-2;1-4-5-6-7-8-9-10-11-12-13-14-15-16-17-18-22-20(21)19(2)3/h4H,2-3,5-20H2,1H3;2,4-18H2,1,3H3. The van der Waals surface area contributed by atoms with Gasteiger partial charge in [-0.3, -0.25) is 0 Å². The molecule has 266 valence electrons. The van der Waals surface area contributed by atoms with E-state index in [4.69, 9.17) is 9.47 Å². The predicted molar refractivity (Wildman–Crippen MR) is 197 cm³/mol. The first-order valence-corrected chi connectivity index (χ1v) is 19.6. The monoisotopic (exact) mass is 635 g/mol. The molecule has 0 aromatic rings. The second kappa shape index (κ2) is 40.4. The van der Waals surface area contributed by atoms with Crippen molar-refractivity contribution in [2.24, 2.45) is 0 Å². The van der Waals surface area contributed by atoms with Crippen molar-refractivity contribution in [3.05, 3.63) is 24.8 Å². The van der Waals surface area contributed by atoms with Gasteiger partial charge in [-0.15, -0.1) is 0 Å². The van der Waals surface area contributed by atoms with E-state index in [-0.39, 0.29) is 11.9 Å². The van der Waals surface area contributed by atoms with Crippen LogP contribution in [0.25, 0.3) is 0 Å². The van der Waals surface area contributed by atoms with Crippen LogP contribution in [-0.4, -0.2) is 25.2 Å². The molecule has 0 amide bonds. The highest BCUT2D eigenvalue weighted by molar-refractivity contribution is 5.86.